The van der Waals surface area contributed by atoms with Crippen LogP contribution in [0.15, 0.2) is 54.6 Å². The first kappa shape index (κ1) is 12.7. The second-order valence-electron chi connectivity index (χ2n) is 4.33. The largest absolute Gasteiger partial charge is 0.489 e. The van der Waals surface area contributed by atoms with Gasteiger partial charge in [0.25, 0.3) is 0 Å². The number of nitrogens with two attached hydrogens (primary N) is 1. The van der Waals surface area contributed by atoms with Crippen molar-refractivity contribution in [3.05, 3.63) is 65.7 Å². The lowest BCUT2D eigenvalue weighted by Gasteiger charge is -2.15. The molecule has 18 heavy (non-hydrogen) atoms. The predicted octanol–water partition coefficient (Wildman–Crippen LogP) is 3.68. The first-order valence-corrected chi connectivity index (χ1v) is 6.32. The Labute approximate surface area is 108 Å². The Balaban J connectivity index is 2.10. The van der Waals surface area contributed by atoms with Crippen molar-refractivity contribution in [2.75, 3.05) is 0 Å². The van der Waals surface area contributed by atoms with Crippen molar-refractivity contribution in [1.29, 1.82) is 0 Å². The second kappa shape index (κ2) is 6.22. The highest BCUT2D eigenvalue weighted by Gasteiger charge is 2.09. The Kier molecular flexibility index (Phi) is 4.37. The molecule has 94 valence electrons. The molecule has 0 saturated heterocycles. The van der Waals surface area contributed by atoms with Crippen LogP contribution in [0.1, 0.15) is 30.5 Å². The minimum Gasteiger partial charge on any atom is -0.489 e. The van der Waals surface area contributed by atoms with Crippen LogP contribution in [-0.2, 0) is 6.61 Å². The molecule has 0 spiro atoms. The summed E-state index contributed by atoms with van der Waals surface area (Å²) in [6.45, 7) is 2.66. The van der Waals surface area contributed by atoms with E-state index in [1.54, 1.807) is 0 Å². The number of hydrogen-bond acceptors (Lipinski definition) is 2. The molecular weight excluding hydrogens is 222 g/mol. The number of hydrogen-bond donors (Lipinski definition) is 1. The van der Waals surface area contributed by atoms with Crippen LogP contribution in [-0.4, -0.2) is 0 Å². The summed E-state index contributed by atoms with van der Waals surface area (Å²) in [6, 6.07) is 18.2. The second-order valence-corrected chi connectivity index (χ2v) is 4.33. The Morgan fingerprint density at radius 1 is 1.00 bits per heavy atom. The third-order valence-electron chi connectivity index (χ3n) is 3.00. The van der Waals surface area contributed by atoms with Crippen LogP contribution in [0.3, 0.4) is 0 Å². The average molecular weight is 241 g/mol. The van der Waals surface area contributed by atoms with Crippen molar-refractivity contribution in [1.82, 2.24) is 0 Å². The van der Waals surface area contributed by atoms with E-state index in [-0.39, 0.29) is 6.04 Å². The van der Waals surface area contributed by atoms with E-state index in [4.69, 9.17) is 10.5 Å². The van der Waals surface area contributed by atoms with Crippen molar-refractivity contribution in [2.45, 2.75) is 26.0 Å². The molecule has 0 fully saturated rings. The van der Waals surface area contributed by atoms with E-state index < -0.39 is 0 Å². The summed E-state index contributed by atoms with van der Waals surface area (Å²) in [5.74, 6) is 0.885. The smallest absolute Gasteiger partial charge is 0.124 e. The molecular formula is C16H19NO. The molecule has 2 aromatic rings. The van der Waals surface area contributed by atoms with Crippen molar-refractivity contribution in [2.24, 2.45) is 5.73 Å². The number of ether oxygens (including phenoxy) is 1. The van der Waals surface area contributed by atoms with Gasteiger partial charge < -0.3 is 10.5 Å². The molecule has 2 rings (SSSR count). The van der Waals surface area contributed by atoms with E-state index in [9.17, 15) is 0 Å². The van der Waals surface area contributed by atoms with E-state index in [0.29, 0.717) is 6.61 Å². The lowest BCUT2D eigenvalue weighted by atomic mass is 10.0. The van der Waals surface area contributed by atoms with Gasteiger partial charge in [0.2, 0.25) is 0 Å². The lowest BCUT2D eigenvalue weighted by molar-refractivity contribution is 0.300. The molecule has 2 nitrogen and oxygen atoms in total. The topological polar surface area (TPSA) is 35.2 Å². The molecule has 0 unspecified atom stereocenters. The number of rotatable bonds is 5. The maximum atomic E-state index is 6.08. The molecule has 0 radical (unpaired) electrons. The van der Waals surface area contributed by atoms with E-state index in [1.165, 1.54) is 0 Å². The highest BCUT2D eigenvalue weighted by molar-refractivity contribution is 5.35. The summed E-state index contributed by atoms with van der Waals surface area (Å²) in [5, 5.41) is 0. The monoisotopic (exact) mass is 241 g/mol. The van der Waals surface area contributed by atoms with Crippen molar-refractivity contribution >= 4 is 0 Å². The molecule has 0 saturated carbocycles. The fraction of sp³-hybridized carbons (Fsp3) is 0.250. The summed E-state index contributed by atoms with van der Waals surface area (Å²) < 4.78 is 5.87. The molecule has 2 N–H and O–H groups in total. The predicted molar refractivity (Wildman–Crippen MR) is 74.4 cm³/mol. The highest BCUT2D eigenvalue weighted by Crippen LogP contribution is 2.26. The van der Waals surface area contributed by atoms with Gasteiger partial charge in [-0.25, -0.2) is 0 Å². The molecule has 0 heterocycles. The van der Waals surface area contributed by atoms with Crippen LogP contribution in [0, 0.1) is 0 Å². The summed E-state index contributed by atoms with van der Waals surface area (Å²) in [4.78, 5) is 0. The normalized spacial score (nSPS) is 12.1. The molecule has 0 aliphatic rings. The fourth-order valence-electron chi connectivity index (χ4n) is 1.87. The zero-order valence-corrected chi connectivity index (χ0v) is 10.7. The molecule has 0 aromatic heterocycles. The fourth-order valence-corrected chi connectivity index (χ4v) is 1.87. The zero-order chi connectivity index (χ0) is 12.8. The van der Waals surface area contributed by atoms with Crippen LogP contribution < -0.4 is 10.5 Å². The van der Waals surface area contributed by atoms with Crippen molar-refractivity contribution in [3.8, 4) is 5.75 Å². The molecule has 0 aliphatic carbocycles. The Hall–Kier alpha value is -1.80. The maximum Gasteiger partial charge on any atom is 0.124 e. The highest BCUT2D eigenvalue weighted by atomic mass is 16.5. The summed E-state index contributed by atoms with van der Waals surface area (Å²) >= 11 is 0. The summed E-state index contributed by atoms with van der Waals surface area (Å²) in [5.41, 5.74) is 8.33. The van der Waals surface area contributed by atoms with Gasteiger partial charge in [0.1, 0.15) is 12.4 Å². The zero-order valence-electron chi connectivity index (χ0n) is 10.7. The molecule has 0 bridgehead atoms. The third kappa shape index (κ3) is 3.11. The van der Waals surface area contributed by atoms with Gasteiger partial charge in [0, 0.05) is 11.6 Å². The Bertz CT molecular complexity index is 481. The number of para-hydroxylation sites is 1. The van der Waals surface area contributed by atoms with Crippen LogP contribution in [0.2, 0.25) is 0 Å². The minimum atomic E-state index is 0.0389. The molecule has 0 aliphatic heterocycles. The molecule has 2 heteroatoms. The van der Waals surface area contributed by atoms with Crippen LogP contribution in [0.25, 0.3) is 0 Å². The van der Waals surface area contributed by atoms with Gasteiger partial charge >= 0.3 is 0 Å². The summed E-state index contributed by atoms with van der Waals surface area (Å²) in [7, 11) is 0. The van der Waals surface area contributed by atoms with Crippen LogP contribution in [0.4, 0.5) is 0 Å². The molecule has 2 aromatic carbocycles. The van der Waals surface area contributed by atoms with Crippen molar-refractivity contribution in [3.63, 3.8) is 0 Å². The van der Waals surface area contributed by atoms with Gasteiger partial charge in [-0.3, -0.25) is 0 Å². The quantitative estimate of drug-likeness (QED) is 0.866. The maximum absolute atomic E-state index is 6.08. The van der Waals surface area contributed by atoms with Gasteiger partial charge in [-0.2, -0.15) is 0 Å². The van der Waals surface area contributed by atoms with Gasteiger partial charge in [0.15, 0.2) is 0 Å². The first-order valence-electron chi connectivity index (χ1n) is 6.32. The van der Waals surface area contributed by atoms with Gasteiger partial charge in [-0.05, 0) is 18.1 Å². The lowest BCUT2D eigenvalue weighted by Crippen LogP contribution is -2.10. The third-order valence-corrected chi connectivity index (χ3v) is 3.00. The SMILES string of the molecule is CC[C@@H](N)c1ccccc1OCc1ccccc1. The standard InChI is InChI=1S/C16H19NO/c1-2-15(17)14-10-6-7-11-16(14)18-12-13-8-4-3-5-9-13/h3-11,15H,2,12,17H2,1H3/t15-/m1/s1. The Morgan fingerprint density at radius 2 is 1.67 bits per heavy atom. The van der Waals surface area contributed by atoms with Gasteiger partial charge in [-0.15, -0.1) is 0 Å². The first-order chi connectivity index (χ1) is 8.81. The average Bonchev–Trinajstić information content (AvgIpc) is 2.45. The van der Waals surface area contributed by atoms with E-state index in [2.05, 4.69) is 19.1 Å². The molecule has 0 amide bonds. The van der Waals surface area contributed by atoms with E-state index in [1.807, 2.05) is 42.5 Å². The summed E-state index contributed by atoms with van der Waals surface area (Å²) in [6.07, 6.45) is 0.908. The van der Waals surface area contributed by atoms with Gasteiger partial charge in [0.05, 0.1) is 0 Å². The number of benzene rings is 2. The van der Waals surface area contributed by atoms with Crippen LogP contribution in [0.5, 0.6) is 5.75 Å². The van der Waals surface area contributed by atoms with Crippen LogP contribution >= 0.6 is 0 Å². The van der Waals surface area contributed by atoms with Gasteiger partial charge in [-0.1, -0.05) is 55.5 Å². The van der Waals surface area contributed by atoms with E-state index >= 15 is 0 Å². The van der Waals surface area contributed by atoms with Crippen molar-refractivity contribution < 1.29 is 4.74 Å². The van der Waals surface area contributed by atoms with E-state index in [0.717, 1.165) is 23.3 Å². The molecule has 1 atom stereocenters. The Morgan fingerprint density at radius 3 is 2.39 bits per heavy atom. The minimum absolute atomic E-state index is 0.0389.